The Balaban J connectivity index is 2.09. The van der Waals surface area contributed by atoms with Crippen molar-refractivity contribution in [3.8, 4) is 0 Å². The number of nitrogens with zero attached hydrogens (tertiary/aromatic N) is 1. The Bertz CT molecular complexity index is 434. The maximum Gasteiger partial charge on any atom is 0.248 e. The van der Waals surface area contributed by atoms with Crippen LogP contribution in [0.25, 0.3) is 0 Å². The van der Waals surface area contributed by atoms with Crippen molar-refractivity contribution >= 4 is 5.91 Å². The number of aliphatic hydroxyl groups excluding tert-OH is 1. The number of rotatable bonds is 4. The quantitative estimate of drug-likeness (QED) is 0.864. The second-order valence-electron chi connectivity index (χ2n) is 5.22. The van der Waals surface area contributed by atoms with Crippen molar-refractivity contribution in [3.63, 3.8) is 0 Å². The molecule has 1 saturated heterocycles. The molecule has 1 unspecified atom stereocenters. The maximum atomic E-state index is 11.2. The van der Waals surface area contributed by atoms with Crippen LogP contribution < -0.4 is 5.73 Å². The van der Waals surface area contributed by atoms with Crippen LogP contribution in [0.15, 0.2) is 24.3 Å². The van der Waals surface area contributed by atoms with Gasteiger partial charge in [-0.15, -0.1) is 0 Å². The predicted octanol–water partition coefficient (Wildman–Crippen LogP) is 1.52. The topological polar surface area (TPSA) is 66.6 Å². The molecule has 19 heavy (non-hydrogen) atoms. The van der Waals surface area contributed by atoms with Gasteiger partial charge in [-0.2, -0.15) is 0 Å². The highest BCUT2D eigenvalue weighted by atomic mass is 16.3. The van der Waals surface area contributed by atoms with Crippen molar-refractivity contribution in [2.45, 2.75) is 38.3 Å². The molecular weight excluding hydrogens is 240 g/mol. The molecule has 1 atom stereocenters. The Hall–Kier alpha value is -1.39. The molecule has 3 N–H and O–H groups in total. The van der Waals surface area contributed by atoms with E-state index in [-0.39, 0.29) is 12.6 Å². The lowest BCUT2D eigenvalue weighted by Gasteiger charge is -2.28. The zero-order valence-corrected chi connectivity index (χ0v) is 11.2. The lowest BCUT2D eigenvalue weighted by molar-refractivity contribution is 0.0999. The number of hydrogen-bond donors (Lipinski definition) is 2. The van der Waals surface area contributed by atoms with Crippen molar-refractivity contribution < 1.29 is 9.90 Å². The molecule has 1 heterocycles. The van der Waals surface area contributed by atoms with Crippen LogP contribution in [0.4, 0.5) is 0 Å². The predicted molar refractivity (Wildman–Crippen MR) is 74.7 cm³/mol. The van der Waals surface area contributed by atoms with E-state index in [1.807, 2.05) is 18.2 Å². The number of benzene rings is 1. The highest BCUT2D eigenvalue weighted by molar-refractivity contribution is 5.92. The SMILES string of the molecule is NC(=O)c1cccc(CN2CCCCCC2CO)c1. The summed E-state index contributed by atoms with van der Waals surface area (Å²) in [5.74, 6) is -0.392. The van der Waals surface area contributed by atoms with E-state index in [4.69, 9.17) is 5.73 Å². The zero-order chi connectivity index (χ0) is 13.7. The van der Waals surface area contributed by atoms with Crippen LogP contribution in [0, 0.1) is 0 Å². The second kappa shape index (κ2) is 6.68. The van der Waals surface area contributed by atoms with Crippen LogP contribution in [0.3, 0.4) is 0 Å². The third-order valence-corrected chi connectivity index (χ3v) is 3.81. The lowest BCUT2D eigenvalue weighted by atomic mass is 10.1. The summed E-state index contributed by atoms with van der Waals surface area (Å²) in [5, 5.41) is 9.49. The van der Waals surface area contributed by atoms with Gasteiger partial charge in [-0.3, -0.25) is 9.69 Å². The van der Waals surface area contributed by atoms with Gasteiger partial charge in [0.15, 0.2) is 0 Å². The minimum atomic E-state index is -0.392. The number of likely N-dealkylation sites (tertiary alicyclic amines) is 1. The van der Waals surface area contributed by atoms with Crippen LogP contribution in [-0.4, -0.2) is 35.1 Å². The molecule has 104 valence electrons. The maximum absolute atomic E-state index is 11.2. The largest absolute Gasteiger partial charge is 0.395 e. The van der Waals surface area contributed by atoms with Gasteiger partial charge < -0.3 is 10.8 Å². The second-order valence-corrected chi connectivity index (χ2v) is 5.22. The van der Waals surface area contributed by atoms with Gasteiger partial charge in [0, 0.05) is 18.2 Å². The summed E-state index contributed by atoms with van der Waals surface area (Å²) in [6.07, 6.45) is 4.63. The molecule has 0 saturated carbocycles. The summed E-state index contributed by atoms with van der Waals surface area (Å²) in [5.41, 5.74) is 6.93. The molecule has 0 radical (unpaired) electrons. The molecule has 4 heteroatoms. The lowest BCUT2D eigenvalue weighted by Crippen LogP contribution is -2.36. The van der Waals surface area contributed by atoms with E-state index in [0.29, 0.717) is 5.56 Å². The van der Waals surface area contributed by atoms with Gasteiger partial charge in [-0.1, -0.05) is 25.0 Å². The minimum Gasteiger partial charge on any atom is -0.395 e. The molecule has 1 aromatic carbocycles. The molecule has 1 aromatic rings. The van der Waals surface area contributed by atoms with Crippen LogP contribution in [0.5, 0.6) is 0 Å². The Kier molecular flexibility index (Phi) is 4.93. The third kappa shape index (κ3) is 3.78. The monoisotopic (exact) mass is 262 g/mol. The van der Waals surface area contributed by atoms with E-state index >= 15 is 0 Å². The van der Waals surface area contributed by atoms with Crippen molar-refractivity contribution in [1.82, 2.24) is 4.90 Å². The fourth-order valence-corrected chi connectivity index (χ4v) is 2.71. The zero-order valence-electron chi connectivity index (χ0n) is 11.2. The number of nitrogens with two attached hydrogens (primary N) is 1. The molecule has 0 bridgehead atoms. The van der Waals surface area contributed by atoms with Crippen LogP contribution >= 0.6 is 0 Å². The van der Waals surface area contributed by atoms with E-state index in [9.17, 15) is 9.90 Å². The van der Waals surface area contributed by atoms with Gasteiger partial charge in [-0.05, 0) is 37.1 Å². The van der Waals surface area contributed by atoms with Gasteiger partial charge in [0.25, 0.3) is 0 Å². The van der Waals surface area contributed by atoms with Gasteiger partial charge in [0.05, 0.1) is 6.61 Å². The first-order valence-electron chi connectivity index (χ1n) is 6.94. The molecule has 0 aromatic heterocycles. The van der Waals surface area contributed by atoms with Crippen molar-refractivity contribution in [1.29, 1.82) is 0 Å². The van der Waals surface area contributed by atoms with Crippen LogP contribution in [0.1, 0.15) is 41.6 Å². The summed E-state index contributed by atoms with van der Waals surface area (Å²) < 4.78 is 0. The fraction of sp³-hybridized carbons (Fsp3) is 0.533. The molecule has 0 spiro atoms. The molecule has 4 nitrogen and oxygen atoms in total. The Morgan fingerprint density at radius 1 is 1.37 bits per heavy atom. The minimum absolute atomic E-state index is 0.204. The van der Waals surface area contributed by atoms with Gasteiger partial charge in [0.2, 0.25) is 5.91 Å². The summed E-state index contributed by atoms with van der Waals surface area (Å²) in [6.45, 7) is 1.98. The van der Waals surface area contributed by atoms with Crippen molar-refractivity contribution in [2.75, 3.05) is 13.2 Å². The molecule has 1 fully saturated rings. The average Bonchev–Trinajstić information content (AvgIpc) is 2.64. The summed E-state index contributed by atoms with van der Waals surface area (Å²) in [7, 11) is 0. The number of primary amides is 1. The van der Waals surface area contributed by atoms with E-state index in [1.165, 1.54) is 19.3 Å². The summed E-state index contributed by atoms with van der Waals surface area (Å²) in [4.78, 5) is 13.5. The average molecular weight is 262 g/mol. The first-order chi connectivity index (χ1) is 9.20. The molecular formula is C15H22N2O2. The highest BCUT2D eigenvalue weighted by Gasteiger charge is 2.20. The third-order valence-electron chi connectivity index (χ3n) is 3.81. The van der Waals surface area contributed by atoms with Gasteiger partial charge >= 0.3 is 0 Å². The number of carbonyl (C=O) groups is 1. The molecule has 2 rings (SSSR count). The Labute approximate surface area is 114 Å². The Morgan fingerprint density at radius 3 is 2.95 bits per heavy atom. The van der Waals surface area contributed by atoms with Crippen molar-refractivity contribution in [3.05, 3.63) is 35.4 Å². The van der Waals surface area contributed by atoms with Gasteiger partial charge in [-0.25, -0.2) is 0 Å². The first-order valence-corrected chi connectivity index (χ1v) is 6.94. The number of carbonyl (C=O) groups excluding carboxylic acids is 1. The first kappa shape index (κ1) is 14.0. The standard InChI is InChI=1S/C15H22N2O2/c16-15(19)13-6-4-5-12(9-13)10-17-8-3-1-2-7-14(17)11-18/h4-6,9,14,18H,1-3,7-8,10-11H2,(H2,16,19). The van der Waals surface area contributed by atoms with Crippen LogP contribution in [-0.2, 0) is 6.54 Å². The van der Waals surface area contributed by atoms with E-state index < -0.39 is 5.91 Å². The van der Waals surface area contributed by atoms with Gasteiger partial charge in [0.1, 0.15) is 0 Å². The van der Waals surface area contributed by atoms with E-state index in [2.05, 4.69) is 4.90 Å². The molecule has 0 aliphatic carbocycles. The molecule has 1 amide bonds. The molecule has 1 aliphatic rings. The van der Waals surface area contributed by atoms with E-state index in [1.54, 1.807) is 6.07 Å². The van der Waals surface area contributed by atoms with E-state index in [0.717, 1.165) is 25.1 Å². The smallest absolute Gasteiger partial charge is 0.248 e. The van der Waals surface area contributed by atoms with Crippen LogP contribution in [0.2, 0.25) is 0 Å². The Morgan fingerprint density at radius 2 is 2.21 bits per heavy atom. The fourth-order valence-electron chi connectivity index (χ4n) is 2.71. The normalized spacial score (nSPS) is 21.0. The number of amides is 1. The summed E-state index contributed by atoms with van der Waals surface area (Å²) in [6, 6.07) is 7.69. The number of aliphatic hydroxyl groups is 1. The van der Waals surface area contributed by atoms with Crippen molar-refractivity contribution in [2.24, 2.45) is 5.73 Å². The highest BCUT2D eigenvalue weighted by Crippen LogP contribution is 2.19. The number of hydrogen-bond acceptors (Lipinski definition) is 3. The summed E-state index contributed by atoms with van der Waals surface area (Å²) >= 11 is 0. The molecule has 1 aliphatic heterocycles.